The highest BCUT2D eigenvalue weighted by Crippen LogP contribution is 2.22. The van der Waals surface area contributed by atoms with Crippen molar-refractivity contribution in [1.29, 1.82) is 0 Å². The molecule has 1 aromatic rings. The van der Waals surface area contributed by atoms with Gasteiger partial charge in [0.05, 0.1) is 6.61 Å². The molecule has 0 bridgehead atoms. The fourth-order valence-corrected chi connectivity index (χ4v) is 2.73. The van der Waals surface area contributed by atoms with Gasteiger partial charge in [-0.05, 0) is 31.7 Å². The maximum Gasteiger partial charge on any atom is 0.0593 e. The van der Waals surface area contributed by atoms with Crippen LogP contribution in [0, 0.1) is 0 Å². The highest BCUT2D eigenvalue weighted by Gasteiger charge is 2.30. The van der Waals surface area contributed by atoms with E-state index in [4.69, 9.17) is 10.5 Å². The lowest BCUT2D eigenvalue weighted by Gasteiger charge is -2.40. The van der Waals surface area contributed by atoms with Crippen LogP contribution in [-0.2, 0) is 11.2 Å². The maximum atomic E-state index is 6.07. The van der Waals surface area contributed by atoms with Crippen LogP contribution in [0.25, 0.3) is 0 Å². The lowest BCUT2D eigenvalue weighted by molar-refractivity contribution is 0.0881. The summed E-state index contributed by atoms with van der Waals surface area (Å²) in [5.74, 6) is 0. The smallest absolute Gasteiger partial charge is 0.0593 e. The van der Waals surface area contributed by atoms with Crippen LogP contribution in [0.1, 0.15) is 25.3 Å². The molecule has 0 spiro atoms. The number of nitrogens with zero attached hydrogens (tertiary/aromatic N) is 1. The number of nitrogens with two attached hydrogens (primary N) is 1. The normalized spacial score (nSPS) is 20.7. The molecule has 1 saturated heterocycles. The van der Waals surface area contributed by atoms with E-state index >= 15 is 0 Å². The van der Waals surface area contributed by atoms with Gasteiger partial charge in [0, 0.05) is 31.8 Å². The highest BCUT2D eigenvalue weighted by atomic mass is 16.5. The lowest BCUT2D eigenvalue weighted by atomic mass is 9.91. The Balaban J connectivity index is 1.96. The van der Waals surface area contributed by atoms with Crippen LogP contribution in [0.4, 0.5) is 0 Å². The molecule has 106 valence electrons. The minimum absolute atomic E-state index is 0.0868. The SMILES string of the molecule is CC(CN)(CCc1ccccc1)N1CCCOCC1. The number of aryl methyl sites for hydroxylation is 1. The van der Waals surface area contributed by atoms with Gasteiger partial charge in [-0.3, -0.25) is 4.90 Å². The molecule has 0 amide bonds. The van der Waals surface area contributed by atoms with Crippen LogP contribution in [0.5, 0.6) is 0 Å². The summed E-state index contributed by atoms with van der Waals surface area (Å²) in [6, 6.07) is 10.7. The molecule has 2 rings (SSSR count). The molecule has 0 aromatic heterocycles. The van der Waals surface area contributed by atoms with Crippen LogP contribution in [0.2, 0.25) is 0 Å². The van der Waals surface area contributed by atoms with Gasteiger partial charge in [-0.2, -0.15) is 0 Å². The van der Waals surface area contributed by atoms with E-state index in [1.807, 2.05) is 0 Å². The summed E-state index contributed by atoms with van der Waals surface area (Å²) in [7, 11) is 0. The van der Waals surface area contributed by atoms with Crippen molar-refractivity contribution in [2.45, 2.75) is 31.7 Å². The largest absolute Gasteiger partial charge is 0.380 e. The maximum absolute atomic E-state index is 6.07. The van der Waals surface area contributed by atoms with Gasteiger partial charge >= 0.3 is 0 Å². The van der Waals surface area contributed by atoms with Crippen molar-refractivity contribution >= 4 is 0 Å². The molecule has 3 nitrogen and oxygen atoms in total. The average Bonchev–Trinajstić information content (AvgIpc) is 2.75. The molecule has 0 aliphatic carbocycles. The summed E-state index contributed by atoms with van der Waals surface area (Å²) < 4.78 is 5.54. The van der Waals surface area contributed by atoms with Gasteiger partial charge < -0.3 is 10.5 Å². The first-order valence-electron chi connectivity index (χ1n) is 7.31. The zero-order valence-electron chi connectivity index (χ0n) is 12.0. The van der Waals surface area contributed by atoms with Gasteiger partial charge in [-0.25, -0.2) is 0 Å². The van der Waals surface area contributed by atoms with E-state index in [2.05, 4.69) is 42.2 Å². The molecular formula is C16H26N2O. The van der Waals surface area contributed by atoms with Crippen LogP contribution >= 0.6 is 0 Å². The van der Waals surface area contributed by atoms with E-state index in [1.165, 1.54) is 5.56 Å². The molecule has 1 unspecified atom stereocenters. The van der Waals surface area contributed by atoms with Crippen molar-refractivity contribution in [2.75, 3.05) is 32.8 Å². The summed E-state index contributed by atoms with van der Waals surface area (Å²) in [6.45, 7) is 6.82. The third kappa shape index (κ3) is 4.03. The average molecular weight is 262 g/mol. The van der Waals surface area contributed by atoms with Gasteiger partial charge in [0.2, 0.25) is 0 Å². The van der Waals surface area contributed by atoms with E-state index in [9.17, 15) is 0 Å². The Kier molecular flexibility index (Phi) is 5.37. The molecule has 1 fully saturated rings. The Labute approximate surface area is 116 Å². The summed E-state index contributed by atoms with van der Waals surface area (Å²) in [5.41, 5.74) is 7.55. The molecule has 3 heteroatoms. The highest BCUT2D eigenvalue weighted by molar-refractivity contribution is 5.15. The Hall–Kier alpha value is -0.900. The fraction of sp³-hybridized carbons (Fsp3) is 0.625. The van der Waals surface area contributed by atoms with Crippen LogP contribution < -0.4 is 5.73 Å². The van der Waals surface area contributed by atoms with Gasteiger partial charge in [-0.1, -0.05) is 30.3 Å². The molecule has 1 aliphatic rings. The number of rotatable bonds is 5. The molecule has 1 aliphatic heterocycles. The summed E-state index contributed by atoms with van der Waals surface area (Å²) in [5, 5.41) is 0. The summed E-state index contributed by atoms with van der Waals surface area (Å²) in [6.07, 6.45) is 3.31. The summed E-state index contributed by atoms with van der Waals surface area (Å²) in [4.78, 5) is 2.52. The van der Waals surface area contributed by atoms with Gasteiger partial charge in [-0.15, -0.1) is 0 Å². The van der Waals surface area contributed by atoms with E-state index in [-0.39, 0.29) is 5.54 Å². The van der Waals surface area contributed by atoms with E-state index in [1.54, 1.807) is 0 Å². The van der Waals surface area contributed by atoms with Gasteiger partial charge in [0.1, 0.15) is 0 Å². The van der Waals surface area contributed by atoms with E-state index in [0.717, 1.165) is 45.6 Å². The van der Waals surface area contributed by atoms with Crippen LogP contribution in [0.15, 0.2) is 30.3 Å². The second kappa shape index (κ2) is 7.04. The first-order chi connectivity index (χ1) is 9.24. The van der Waals surface area contributed by atoms with Crippen molar-refractivity contribution in [3.05, 3.63) is 35.9 Å². The number of hydrogen-bond acceptors (Lipinski definition) is 3. The predicted molar refractivity (Wildman–Crippen MR) is 79.2 cm³/mol. The molecule has 0 saturated carbocycles. The van der Waals surface area contributed by atoms with Gasteiger partial charge in [0.15, 0.2) is 0 Å². The molecular weight excluding hydrogens is 236 g/mol. The second-order valence-electron chi connectivity index (χ2n) is 5.64. The lowest BCUT2D eigenvalue weighted by Crippen LogP contribution is -2.52. The first kappa shape index (κ1) is 14.5. The minimum Gasteiger partial charge on any atom is -0.380 e. The standard InChI is InChI=1S/C16H26N2O/c1-16(14-17,18-10-5-12-19-13-11-18)9-8-15-6-3-2-4-7-15/h2-4,6-7H,5,8-14,17H2,1H3. The zero-order valence-corrected chi connectivity index (χ0v) is 12.0. The Bertz CT molecular complexity index is 360. The monoisotopic (exact) mass is 262 g/mol. The Morgan fingerprint density at radius 1 is 1.21 bits per heavy atom. The first-order valence-corrected chi connectivity index (χ1v) is 7.31. The second-order valence-corrected chi connectivity index (χ2v) is 5.64. The van der Waals surface area contributed by atoms with Crippen molar-refractivity contribution in [1.82, 2.24) is 4.90 Å². The molecule has 2 N–H and O–H groups in total. The van der Waals surface area contributed by atoms with Crippen molar-refractivity contribution < 1.29 is 4.74 Å². The van der Waals surface area contributed by atoms with Gasteiger partial charge in [0.25, 0.3) is 0 Å². The van der Waals surface area contributed by atoms with Crippen molar-refractivity contribution in [3.8, 4) is 0 Å². The van der Waals surface area contributed by atoms with Crippen molar-refractivity contribution in [3.63, 3.8) is 0 Å². The summed E-state index contributed by atoms with van der Waals surface area (Å²) >= 11 is 0. The number of benzene rings is 1. The third-order valence-electron chi connectivity index (χ3n) is 4.22. The molecule has 0 radical (unpaired) electrons. The number of ether oxygens (including phenoxy) is 1. The van der Waals surface area contributed by atoms with Crippen molar-refractivity contribution in [2.24, 2.45) is 5.73 Å². The van der Waals surface area contributed by atoms with E-state index < -0.39 is 0 Å². The van der Waals surface area contributed by atoms with E-state index in [0.29, 0.717) is 6.54 Å². The Morgan fingerprint density at radius 2 is 2.00 bits per heavy atom. The topological polar surface area (TPSA) is 38.5 Å². The molecule has 1 aromatic carbocycles. The quantitative estimate of drug-likeness (QED) is 0.883. The third-order valence-corrected chi connectivity index (χ3v) is 4.22. The van der Waals surface area contributed by atoms with Crippen LogP contribution in [0.3, 0.4) is 0 Å². The number of hydrogen-bond donors (Lipinski definition) is 1. The molecule has 19 heavy (non-hydrogen) atoms. The molecule has 1 atom stereocenters. The zero-order chi connectivity index (χ0) is 13.6. The fourth-order valence-electron chi connectivity index (χ4n) is 2.73. The minimum atomic E-state index is 0.0868. The molecule has 1 heterocycles. The van der Waals surface area contributed by atoms with Crippen LogP contribution in [-0.4, -0.2) is 43.3 Å². The predicted octanol–water partition coefficient (Wildman–Crippen LogP) is 2.06. The Morgan fingerprint density at radius 3 is 2.74 bits per heavy atom.